The summed E-state index contributed by atoms with van der Waals surface area (Å²) in [6, 6.07) is 5.93. The normalized spacial score (nSPS) is 21.2. The molecule has 110 valence electrons. The number of anilines is 1. The van der Waals surface area contributed by atoms with Crippen LogP contribution >= 0.6 is 0 Å². The van der Waals surface area contributed by atoms with E-state index in [-0.39, 0.29) is 18.5 Å². The zero-order chi connectivity index (χ0) is 14.8. The largest absolute Gasteiger partial charge is 0.396 e. The molecule has 0 bridgehead atoms. The van der Waals surface area contributed by atoms with Gasteiger partial charge >= 0.3 is 0 Å². The van der Waals surface area contributed by atoms with Crippen molar-refractivity contribution in [2.45, 2.75) is 32.1 Å². The second kappa shape index (κ2) is 5.77. The van der Waals surface area contributed by atoms with Crippen molar-refractivity contribution in [2.24, 2.45) is 10.9 Å². The van der Waals surface area contributed by atoms with Gasteiger partial charge in [0.1, 0.15) is 0 Å². The highest BCUT2D eigenvalue weighted by molar-refractivity contribution is 5.93. The van der Waals surface area contributed by atoms with E-state index in [1.807, 2.05) is 18.3 Å². The molecule has 5 heteroatoms. The average molecular weight is 284 g/mol. The quantitative estimate of drug-likeness (QED) is 0.907. The first kappa shape index (κ1) is 13.9. The maximum atomic E-state index is 9.93. The molecular weight excluding hydrogens is 264 g/mol. The summed E-state index contributed by atoms with van der Waals surface area (Å²) in [4.78, 5) is 13.1. The number of aliphatic hydroxyl groups is 1. The monoisotopic (exact) mass is 284 g/mol. The molecule has 0 radical (unpaired) electrons. The Hall–Kier alpha value is -2.01. The van der Waals surface area contributed by atoms with Crippen molar-refractivity contribution in [3.63, 3.8) is 0 Å². The Morgan fingerprint density at radius 2 is 2.19 bits per heavy atom. The molecule has 0 aliphatic carbocycles. The van der Waals surface area contributed by atoms with Gasteiger partial charge in [0.15, 0.2) is 5.82 Å². The first-order valence-electron chi connectivity index (χ1n) is 7.44. The van der Waals surface area contributed by atoms with Gasteiger partial charge in [-0.05, 0) is 30.4 Å². The number of benzene rings is 1. The van der Waals surface area contributed by atoms with Crippen LogP contribution in [0.4, 0.5) is 11.8 Å². The summed E-state index contributed by atoms with van der Waals surface area (Å²) in [5.74, 6) is 1.32. The number of hydrogen-bond donors (Lipinski definition) is 2. The van der Waals surface area contributed by atoms with Gasteiger partial charge in [-0.2, -0.15) is 4.98 Å². The van der Waals surface area contributed by atoms with E-state index in [9.17, 15) is 5.11 Å². The third-order valence-electron chi connectivity index (χ3n) is 4.20. The van der Waals surface area contributed by atoms with Gasteiger partial charge in [0.25, 0.3) is 0 Å². The summed E-state index contributed by atoms with van der Waals surface area (Å²) in [5, 5.41) is 10.8. The third kappa shape index (κ3) is 2.49. The zero-order valence-corrected chi connectivity index (χ0v) is 12.2. The lowest BCUT2D eigenvalue weighted by Crippen LogP contribution is -2.19. The molecule has 1 aromatic carbocycles. The first-order chi connectivity index (χ1) is 10.2. The second-order valence-electron chi connectivity index (χ2n) is 5.53. The van der Waals surface area contributed by atoms with Crippen molar-refractivity contribution in [1.82, 2.24) is 9.97 Å². The third-order valence-corrected chi connectivity index (χ3v) is 4.20. The average Bonchev–Trinajstić information content (AvgIpc) is 2.46. The smallest absolute Gasteiger partial charge is 0.222 e. The summed E-state index contributed by atoms with van der Waals surface area (Å²) in [6.45, 7) is 2.30. The number of nitrogens with zero attached hydrogens (tertiary/aromatic N) is 3. The van der Waals surface area contributed by atoms with E-state index >= 15 is 0 Å². The topological polar surface area (TPSA) is 84.4 Å². The molecule has 3 rings (SSSR count). The Balaban J connectivity index is 2.25. The van der Waals surface area contributed by atoms with Crippen molar-refractivity contribution in [2.75, 3.05) is 12.3 Å². The van der Waals surface area contributed by atoms with Gasteiger partial charge in [0, 0.05) is 17.5 Å². The highest BCUT2D eigenvalue weighted by atomic mass is 16.3. The maximum absolute atomic E-state index is 9.93. The Morgan fingerprint density at radius 3 is 2.95 bits per heavy atom. The van der Waals surface area contributed by atoms with Crippen LogP contribution in [-0.2, 0) is 0 Å². The van der Waals surface area contributed by atoms with Crippen LogP contribution in [0.2, 0.25) is 0 Å². The zero-order valence-electron chi connectivity index (χ0n) is 12.2. The lowest BCUT2D eigenvalue weighted by atomic mass is 9.80. The minimum atomic E-state index is 0.0892. The molecule has 0 fully saturated rings. The van der Waals surface area contributed by atoms with Crippen molar-refractivity contribution < 1.29 is 5.11 Å². The molecule has 2 heterocycles. The van der Waals surface area contributed by atoms with Gasteiger partial charge in [-0.3, -0.25) is 0 Å². The standard InChI is InChI=1S/C16H20N4O/c1-2-4-10-7-8-18-15-14-11(12(10)9-21)5-3-6-13(14)19-16(17)20-15/h3,5-6,8,10,12,21H,2,4,7,9H2,1H3,(H2,17,19,20). The highest BCUT2D eigenvalue weighted by Crippen LogP contribution is 2.38. The van der Waals surface area contributed by atoms with Gasteiger partial charge < -0.3 is 10.8 Å². The van der Waals surface area contributed by atoms with Gasteiger partial charge in [-0.15, -0.1) is 0 Å². The van der Waals surface area contributed by atoms with E-state index in [0.717, 1.165) is 35.7 Å². The summed E-state index contributed by atoms with van der Waals surface area (Å²) >= 11 is 0. The van der Waals surface area contributed by atoms with Crippen LogP contribution in [0.3, 0.4) is 0 Å². The number of aliphatic imine (C=N–C) groups is 1. The fourth-order valence-electron chi connectivity index (χ4n) is 3.24. The van der Waals surface area contributed by atoms with E-state index in [2.05, 4.69) is 28.0 Å². The lowest BCUT2D eigenvalue weighted by Gasteiger charge is -2.27. The molecule has 2 atom stereocenters. The Bertz CT molecular complexity index is 683. The molecule has 3 N–H and O–H groups in total. The number of nitrogens with two attached hydrogens (primary N) is 1. The fraction of sp³-hybridized carbons (Fsp3) is 0.438. The molecule has 5 nitrogen and oxygen atoms in total. The SMILES string of the molecule is CCCC1CC=Nc2nc(N)nc3cccc(c23)C1CO. The van der Waals surface area contributed by atoms with Crippen molar-refractivity contribution in [3.8, 4) is 0 Å². The van der Waals surface area contributed by atoms with Crippen LogP contribution in [0.1, 0.15) is 37.7 Å². The number of rotatable bonds is 3. The van der Waals surface area contributed by atoms with Gasteiger partial charge in [-0.25, -0.2) is 9.98 Å². The summed E-state index contributed by atoms with van der Waals surface area (Å²) in [6.07, 6.45) is 4.91. The van der Waals surface area contributed by atoms with Crippen molar-refractivity contribution >= 4 is 28.9 Å². The molecule has 1 aliphatic rings. The van der Waals surface area contributed by atoms with Gasteiger partial charge in [-0.1, -0.05) is 25.5 Å². The van der Waals surface area contributed by atoms with Gasteiger partial charge in [0.2, 0.25) is 5.95 Å². The molecule has 0 saturated heterocycles. The maximum Gasteiger partial charge on any atom is 0.222 e. The summed E-state index contributed by atoms with van der Waals surface area (Å²) in [7, 11) is 0. The predicted molar refractivity (Wildman–Crippen MR) is 84.9 cm³/mol. The molecule has 0 spiro atoms. The van der Waals surface area contributed by atoms with E-state index < -0.39 is 0 Å². The number of nitrogen functional groups attached to an aromatic ring is 1. The van der Waals surface area contributed by atoms with E-state index in [4.69, 9.17) is 5.73 Å². The molecule has 0 saturated carbocycles. The summed E-state index contributed by atoms with van der Waals surface area (Å²) < 4.78 is 0. The molecule has 2 unspecified atom stereocenters. The number of aliphatic hydroxyl groups excluding tert-OH is 1. The Labute approximate surface area is 123 Å². The van der Waals surface area contributed by atoms with Gasteiger partial charge in [0.05, 0.1) is 12.1 Å². The van der Waals surface area contributed by atoms with Crippen LogP contribution in [-0.4, -0.2) is 27.9 Å². The van der Waals surface area contributed by atoms with Crippen LogP contribution in [0.15, 0.2) is 23.2 Å². The molecule has 1 aliphatic heterocycles. The minimum absolute atomic E-state index is 0.0892. The van der Waals surface area contributed by atoms with Crippen LogP contribution < -0.4 is 5.73 Å². The molecule has 1 aromatic heterocycles. The predicted octanol–water partition coefficient (Wildman–Crippen LogP) is 2.81. The van der Waals surface area contributed by atoms with Crippen LogP contribution in [0.25, 0.3) is 10.9 Å². The molecular formula is C16H20N4O. The fourth-order valence-corrected chi connectivity index (χ4v) is 3.24. The van der Waals surface area contributed by atoms with E-state index in [1.165, 1.54) is 0 Å². The Morgan fingerprint density at radius 1 is 1.33 bits per heavy atom. The Kier molecular flexibility index (Phi) is 3.84. The van der Waals surface area contributed by atoms with E-state index in [1.54, 1.807) is 0 Å². The summed E-state index contributed by atoms with van der Waals surface area (Å²) in [5.41, 5.74) is 7.64. The molecule has 0 amide bonds. The van der Waals surface area contributed by atoms with E-state index in [0.29, 0.717) is 11.7 Å². The first-order valence-corrected chi connectivity index (χ1v) is 7.44. The molecule has 2 aromatic rings. The second-order valence-corrected chi connectivity index (χ2v) is 5.53. The lowest BCUT2D eigenvalue weighted by molar-refractivity contribution is 0.222. The molecule has 21 heavy (non-hydrogen) atoms. The van der Waals surface area contributed by atoms with Crippen LogP contribution in [0.5, 0.6) is 0 Å². The number of hydrogen-bond acceptors (Lipinski definition) is 5. The van der Waals surface area contributed by atoms with Crippen molar-refractivity contribution in [1.29, 1.82) is 0 Å². The highest BCUT2D eigenvalue weighted by Gasteiger charge is 2.26. The van der Waals surface area contributed by atoms with Crippen LogP contribution in [0, 0.1) is 5.92 Å². The number of aromatic nitrogens is 2. The minimum Gasteiger partial charge on any atom is -0.396 e. The van der Waals surface area contributed by atoms with Crippen molar-refractivity contribution in [3.05, 3.63) is 23.8 Å².